The van der Waals surface area contributed by atoms with E-state index in [0.29, 0.717) is 6.42 Å². The van der Waals surface area contributed by atoms with Crippen molar-refractivity contribution >= 4 is 5.84 Å². The molecule has 2 atom stereocenters. The fraction of sp³-hybridized carbons (Fsp3) is 0.174. The molecule has 0 radical (unpaired) electrons. The van der Waals surface area contributed by atoms with Crippen LogP contribution in [0.1, 0.15) is 22.7 Å². The molecule has 2 unspecified atom stereocenters. The molecule has 3 aromatic rings. The van der Waals surface area contributed by atoms with E-state index in [1.807, 2.05) is 36.4 Å². The van der Waals surface area contributed by atoms with Crippen LogP contribution in [0.15, 0.2) is 89.9 Å². The fourth-order valence-corrected chi connectivity index (χ4v) is 3.64. The maximum absolute atomic E-state index is 13.2. The van der Waals surface area contributed by atoms with E-state index in [1.54, 1.807) is 17.1 Å². The largest absolute Gasteiger partial charge is 0.289 e. The normalized spacial score (nSPS) is 19.2. The molecule has 4 heteroatoms. The summed E-state index contributed by atoms with van der Waals surface area (Å²) in [4.78, 5) is 4.96. The van der Waals surface area contributed by atoms with E-state index in [4.69, 9.17) is 10.8 Å². The lowest BCUT2D eigenvalue weighted by Gasteiger charge is -2.27. The molecule has 1 aliphatic rings. The first-order valence-electron chi connectivity index (χ1n) is 9.14. The minimum Gasteiger partial charge on any atom is -0.289 e. The number of hydrogen-bond acceptors (Lipinski definition) is 3. The molecule has 0 bridgehead atoms. The van der Waals surface area contributed by atoms with Gasteiger partial charge in [-0.15, -0.1) is 0 Å². The van der Waals surface area contributed by atoms with Crippen molar-refractivity contribution in [1.82, 2.24) is 5.01 Å². The number of hydrogen-bond donors (Lipinski definition) is 1. The maximum atomic E-state index is 13.2. The Hall–Kier alpha value is -2.98. The molecule has 0 aromatic heterocycles. The highest BCUT2D eigenvalue weighted by atomic mass is 19.1. The Balaban J connectivity index is 1.63. The summed E-state index contributed by atoms with van der Waals surface area (Å²) >= 11 is 0. The number of nitrogens with two attached hydrogens (primary N) is 1. The Bertz CT molecular complexity index is 907. The first kappa shape index (κ1) is 17.4. The van der Waals surface area contributed by atoms with Gasteiger partial charge in [0.1, 0.15) is 11.7 Å². The van der Waals surface area contributed by atoms with Crippen LogP contribution in [0.25, 0.3) is 0 Å². The predicted molar refractivity (Wildman–Crippen MR) is 107 cm³/mol. The summed E-state index contributed by atoms with van der Waals surface area (Å²) < 4.78 is 13.2. The molecule has 0 amide bonds. The minimum absolute atomic E-state index is 0.0122. The van der Waals surface area contributed by atoms with Gasteiger partial charge in [0.2, 0.25) is 0 Å². The molecule has 0 saturated heterocycles. The van der Waals surface area contributed by atoms with Gasteiger partial charge in [0.25, 0.3) is 0 Å². The van der Waals surface area contributed by atoms with Crippen LogP contribution < -0.4 is 5.84 Å². The number of halogens is 1. The molecular weight excluding hydrogens is 337 g/mol. The third-order valence-electron chi connectivity index (χ3n) is 4.98. The Morgan fingerprint density at radius 2 is 1.44 bits per heavy atom. The smallest absolute Gasteiger partial charge is 0.123 e. The van der Waals surface area contributed by atoms with E-state index in [1.165, 1.54) is 17.7 Å². The van der Waals surface area contributed by atoms with Gasteiger partial charge in [-0.1, -0.05) is 72.8 Å². The number of nitrogens with zero attached hydrogens (tertiary/aromatic N) is 2. The number of aliphatic imine (C=N–C) groups is 1. The molecule has 3 nitrogen and oxygen atoms in total. The van der Waals surface area contributed by atoms with E-state index in [-0.39, 0.29) is 17.9 Å². The first-order valence-corrected chi connectivity index (χ1v) is 9.14. The van der Waals surface area contributed by atoms with Crippen LogP contribution in [0.3, 0.4) is 0 Å². The molecule has 2 N–H and O–H groups in total. The molecule has 136 valence electrons. The molecule has 0 fully saturated rings. The monoisotopic (exact) mass is 359 g/mol. The Kier molecular flexibility index (Phi) is 4.99. The highest BCUT2D eigenvalue weighted by Gasteiger charge is 2.35. The standard InChI is InChI=1S/C23H22FN3/c24-20-13-11-18(12-14-20)16-22-26-21(15-17-7-3-1-4-8-17)23(27(22)25)19-9-5-2-6-10-19/h1-14,21,23H,15-16,25H2. The summed E-state index contributed by atoms with van der Waals surface area (Å²) in [6.45, 7) is 0. The highest BCUT2D eigenvalue weighted by Crippen LogP contribution is 2.32. The van der Waals surface area contributed by atoms with Gasteiger partial charge >= 0.3 is 0 Å². The average molecular weight is 359 g/mol. The second-order valence-corrected chi connectivity index (χ2v) is 6.87. The number of rotatable bonds is 5. The van der Waals surface area contributed by atoms with Crippen LogP contribution in [0.2, 0.25) is 0 Å². The molecule has 1 aliphatic heterocycles. The molecule has 3 aromatic carbocycles. The van der Waals surface area contributed by atoms with Gasteiger partial charge < -0.3 is 0 Å². The first-order chi connectivity index (χ1) is 13.2. The van der Waals surface area contributed by atoms with E-state index in [9.17, 15) is 4.39 Å². The Morgan fingerprint density at radius 3 is 2.11 bits per heavy atom. The summed E-state index contributed by atoms with van der Waals surface area (Å²) in [7, 11) is 0. The second-order valence-electron chi connectivity index (χ2n) is 6.87. The highest BCUT2D eigenvalue weighted by molar-refractivity contribution is 5.86. The van der Waals surface area contributed by atoms with Crippen molar-refractivity contribution in [2.45, 2.75) is 24.9 Å². The van der Waals surface area contributed by atoms with Gasteiger partial charge in [0.15, 0.2) is 0 Å². The van der Waals surface area contributed by atoms with Crippen molar-refractivity contribution in [3.05, 3.63) is 107 Å². The summed E-state index contributed by atoms with van der Waals surface area (Å²) in [5.41, 5.74) is 3.39. The summed E-state index contributed by atoms with van der Waals surface area (Å²) in [5.74, 6) is 7.10. The second kappa shape index (κ2) is 7.72. The molecule has 0 aliphatic carbocycles. The van der Waals surface area contributed by atoms with Crippen molar-refractivity contribution in [2.24, 2.45) is 10.8 Å². The molecule has 0 saturated carbocycles. The maximum Gasteiger partial charge on any atom is 0.123 e. The van der Waals surface area contributed by atoms with Crippen LogP contribution in [0.5, 0.6) is 0 Å². The molecule has 4 rings (SSSR count). The number of amidine groups is 1. The molecule has 0 spiro atoms. The summed E-state index contributed by atoms with van der Waals surface area (Å²) in [5, 5.41) is 1.78. The quantitative estimate of drug-likeness (QED) is 0.690. The number of benzene rings is 3. The van der Waals surface area contributed by atoms with Crippen LogP contribution in [-0.4, -0.2) is 16.9 Å². The van der Waals surface area contributed by atoms with Crippen molar-refractivity contribution in [2.75, 3.05) is 0 Å². The van der Waals surface area contributed by atoms with Crippen LogP contribution >= 0.6 is 0 Å². The fourth-order valence-electron chi connectivity index (χ4n) is 3.64. The minimum atomic E-state index is -0.235. The predicted octanol–water partition coefficient (Wildman–Crippen LogP) is 4.31. The van der Waals surface area contributed by atoms with Gasteiger partial charge in [-0.25, -0.2) is 10.2 Å². The van der Waals surface area contributed by atoms with Gasteiger partial charge in [-0.2, -0.15) is 0 Å². The number of hydrazine groups is 1. The third kappa shape index (κ3) is 3.91. The van der Waals surface area contributed by atoms with Crippen LogP contribution in [0.4, 0.5) is 4.39 Å². The van der Waals surface area contributed by atoms with Crippen LogP contribution in [0, 0.1) is 5.82 Å². The van der Waals surface area contributed by atoms with Crippen molar-refractivity contribution in [3.8, 4) is 0 Å². The zero-order valence-electron chi connectivity index (χ0n) is 15.0. The van der Waals surface area contributed by atoms with E-state index in [2.05, 4.69) is 24.3 Å². The zero-order chi connectivity index (χ0) is 18.6. The van der Waals surface area contributed by atoms with Crippen molar-refractivity contribution in [1.29, 1.82) is 0 Å². The lowest BCUT2D eigenvalue weighted by molar-refractivity contribution is 0.314. The average Bonchev–Trinajstić information content (AvgIpc) is 3.00. The van der Waals surface area contributed by atoms with Gasteiger partial charge in [-0.3, -0.25) is 10.0 Å². The lowest BCUT2D eigenvalue weighted by atomic mass is 9.95. The summed E-state index contributed by atoms with van der Waals surface area (Å²) in [6, 6.07) is 27.2. The Labute approximate surface area is 158 Å². The third-order valence-corrected chi connectivity index (χ3v) is 4.98. The van der Waals surface area contributed by atoms with Gasteiger partial charge in [0, 0.05) is 6.42 Å². The van der Waals surface area contributed by atoms with Crippen molar-refractivity contribution in [3.63, 3.8) is 0 Å². The summed E-state index contributed by atoms with van der Waals surface area (Å²) in [6.07, 6.45) is 1.41. The van der Waals surface area contributed by atoms with E-state index >= 15 is 0 Å². The van der Waals surface area contributed by atoms with Crippen LogP contribution in [-0.2, 0) is 12.8 Å². The SMILES string of the molecule is NN1C(Cc2ccc(F)cc2)=NC(Cc2ccccc2)C1c1ccccc1. The van der Waals surface area contributed by atoms with Gasteiger partial charge in [0.05, 0.1) is 12.1 Å². The van der Waals surface area contributed by atoms with Crippen molar-refractivity contribution < 1.29 is 4.39 Å². The topological polar surface area (TPSA) is 41.6 Å². The van der Waals surface area contributed by atoms with E-state index < -0.39 is 0 Å². The van der Waals surface area contributed by atoms with E-state index in [0.717, 1.165) is 23.4 Å². The zero-order valence-corrected chi connectivity index (χ0v) is 15.0. The van der Waals surface area contributed by atoms with Gasteiger partial charge in [-0.05, 0) is 35.2 Å². The Morgan fingerprint density at radius 1 is 0.815 bits per heavy atom. The molecular formula is C23H22FN3. The molecule has 1 heterocycles. The molecule has 27 heavy (non-hydrogen) atoms. The lowest BCUT2D eigenvalue weighted by Crippen LogP contribution is -2.40.